The van der Waals surface area contributed by atoms with Crippen LogP contribution in [0.1, 0.15) is 37.6 Å². The second-order valence-corrected chi connectivity index (χ2v) is 16.1. The summed E-state index contributed by atoms with van der Waals surface area (Å²) in [7, 11) is 0. The molecule has 21 atom stereocenters. The lowest BCUT2D eigenvalue weighted by atomic mass is 9.84. The van der Waals surface area contributed by atoms with Crippen LogP contribution in [0.4, 0.5) is 0 Å². The Balaban J connectivity index is 1.36. The molecule has 24 nitrogen and oxygen atoms in total. The van der Waals surface area contributed by atoms with Gasteiger partial charge in [-0.3, -0.25) is 9.59 Å². The third-order valence-corrected chi connectivity index (χ3v) is 11.6. The third kappa shape index (κ3) is 11.4. The van der Waals surface area contributed by atoms with E-state index in [-0.39, 0.29) is 5.56 Å². The molecule has 1 aromatic rings. The minimum atomic E-state index is -2.72. The first kappa shape index (κ1) is 51.1. The van der Waals surface area contributed by atoms with E-state index in [1.807, 2.05) is 0 Å². The van der Waals surface area contributed by atoms with Crippen molar-refractivity contribution in [3.63, 3.8) is 0 Å². The number of ketones is 1. The van der Waals surface area contributed by atoms with E-state index in [9.17, 15) is 75.7 Å². The summed E-state index contributed by atoms with van der Waals surface area (Å²) in [4.78, 5) is 39.0. The predicted molar refractivity (Wildman–Crippen MR) is 203 cm³/mol. The Bertz CT molecular complexity index is 1650. The molecule has 0 saturated carbocycles. The van der Waals surface area contributed by atoms with Gasteiger partial charge >= 0.3 is 5.97 Å². The average molecular weight is 910 g/mol. The fourth-order valence-corrected chi connectivity index (χ4v) is 7.90. The molecule has 0 bridgehead atoms. The van der Waals surface area contributed by atoms with Crippen LogP contribution in [-0.2, 0) is 47.5 Å². The second-order valence-electron chi connectivity index (χ2n) is 16.1. The van der Waals surface area contributed by atoms with Gasteiger partial charge in [0.05, 0.1) is 44.7 Å². The molecule has 4 fully saturated rings. The van der Waals surface area contributed by atoms with Gasteiger partial charge in [-0.05, 0) is 6.92 Å². The van der Waals surface area contributed by atoms with Gasteiger partial charge in [-0.15, -0.1) is 0 Å². The SMILES string of the molecule is CC(=O)NC1C(OC2C(C)OC(CO)C(O)C2O)OC(CO)C(OC2OC(COC3(C(=O)OCC(=O)c4ccccc4)CC(O)C(C)C(C(O)C(O)CO)O3)C(O)C(O)C2O)C1O. The van der Waals surface area contributed by atoms with Crippen molar-refractivity contribution in [3.05, 3.63) is 35.9 Å². The Morgan fingerprint density at radius 1 is 0.778 bits per heavy atom. The zero-order valence-electron chi connectivity index (χ0n) is 34.5. The molecular weight excluding hydrogens is 850 g/mol. The lowest BCUT2D eigenvalue weighted by molar-refractivity contribution is -0.367. The van der Waals surface area contributed by atoms with E-state index in [0.29, 0.717) is 0 Å². The second kappa shape index (κ2) is 22.0. The molecule has 4 aliphatic rings. The number of amides is 1. The zero-order chi connectivity index (χ0) is 46.5. The first-order chi connectivity index (χ1) is 29.8. The lowest BCUT2D eigenvalue weighted by Gasteiger charge is -2.49. The van der Waals surface area contributed by atoms with Crippen molar-refractivity contribution in [1.82, 2.24) is 5.32 Å². The van der Waals surface area contributed by atoms with Crippen LogP contribution in [0.2, 0.25) is 0 Å². The van der Waals surface area contributed by atoms with Crippen LogP contribution in [0.25, 0.3) is 0 Å². The van der Waals surface area contributed by atoms with E-state index in [1.165, 1.54) is 26.0 Å². The molecule has 0 aromatic heterocycles. The molecule has 1 amide bonds. The number of carbonyl (C=O) groups is 3. The molecule has 4 heterocycles. The van der Waals surface area contributed by atoms with Gasteiger partial charge in [0.25, 0.3) is 5.79 Å². The van der Waals surface area contributed by atoms with Crippen LogP contribution in [0.15, 0.2) is 30.3 Å². The first-order valence-corrected chi connectivity index (χ1v) is 20.4. The highest BCUT2D eigenvalue weighted by molar-refractivity contribution is 5.98. The summed E-state index contributed by atoms with van der Waals surface area (Å²) in [6, 6.07) is 6.15. The van der Waals surface area contributed by atoms with Crippen LogP contribution in [0, 0.1) is 5.92 Å². The molecule has 0 spiro atoms. The number of nitrogens with one attached hydrogen (secondary N) is 1. The molecule has 4 aliphatic heterocycles. The third-order valence-electron chi connectivity index (χ3n) is 11.6. The quantitative estimate of drug-likeness (QED) is 0.0510. The number of Topliss-reactive ketones (excluding diaryl/α,β-unsaturated/α-hetero) is 1. The normalized spacial score (nSPS) is 41.9. The number of rotatable bonds is 17. The minimum Gasteiger partial charge on any atom is -0.453 e. The molecule has 5 rings (SSSR count). The molecule has 0 radical (unpaired) electrons. The van der Waals surface area contributed by atoms with Crippen LogP contribution in [0.5, 0.6) is 0 Å². The minimum absolute atomic E-state index is 0.169. The number of aliphatic hydroxyl groups excluding tert-OH is 12. The van der Waals surface area contributed by atoms with Crippen LogP contribution in [0.3, 0.4) is 0 Å². The molecule has 21 unspecified atom stereocenters. The summed E-state index contributed by atoms with van der Waals surface area (Å²) in [6.07, 6.45) is -31.3. The van der Waals surface area contributed by atoms with Gasteiger partial charge < -0.3 is 104 Å². The number of esters is 1. The van der Waals surface area contributed by atoms with Crippen molar-refractivity contribution < 1.29 is 114 Å². The number of hydrogen-bond acceptors (Lipinski definition) is 23. The Hall–Kier alpha value is -2.93. The molecule has 13 N–H and O–H groups in total. The Morgan fingerprint density at radius 2 is 1.40 bits per heavy atom. The Labute approximate surface area is 360 Å². The number of ether oxygens (including phenoxy) is 8. The molecular formula is C39H59NO23. The van der Waals surface area contributed by atoms with Crippen molar-refractivity contribution in [2.24, 2.45) is 5.92 Å². The van der Waals surface area contributed by atoms with Gasteiger partial charge in [0.2, 0.25) is 5.91 Å². The highest BCUT2D eigenvalue weighted by atomic mass is 16.8. The Morgan fingerprint density at radius 3 is 2.02 bits per heavy atom. The molecule has 1 aromatic carbocycles. The Kier molecular flexibility index (Phi) is 17.9. The van der Waals surface area contributed by atoms with E-state index in [0.717, 1.165) is 6.92 Å². The molecule has 4 saturated heterocycles. The smallest absolute Gasteiger partial charge is 0.367 e. The maximum atomic E-state index is 13.9. The first-order valence-electron chi connectivity index (χ1n) is 20.4. The highest BCUT2D eigenvalue weighted by Gasteiger charge is 2.57. The van der Waals surface area contributed by atoms with Crippen molar-refractivity contribution in [3.8, 4) is 0 Å². The fraction of sp³-hybridized carbons (Fsp3) is 0.769. The van der Waals surface area contributed by atoms with E-state index < -0.39 is 185 Å². The van der Waals surface area contributed by atoms with Crippen LogP contribution >= 0.6 is 0 Å². The summed E-state index contributed by atoms with van der Waals surface area (Å²) in [5.74, 6) is -6.52. The maximum absolute atomic E-state index is 13.9. The van der Waals surface area contributed by atoms with Crippen molar-refractivity contribution in [2.75, 3.05) is 33.0 Å². The van der Waals surface area contributed by atoms with E-state index >= 15 is 0 Å². The van der Waals surface area contributed by atoms with Crippen molar-refractivity contribution >= 4 is 17.7 Å². The summed E-state index contributed by atoms with van der Waals surface area (Å²) in [5.41, 5.74) is 0.169. The van der Waals surface area contributed by atoms with Gasteiger partial charge in [0, 0.05) is 24.8 Å². The van der Waals surface area contributed by atoms with Gasteiger partial charge in [-0.2, -0.15) is 0 Å². The standard InChI is InChI=1S/C39H59NO23/c1-15-19(45)9-39(63-33(15)26(48)20(46)10-41,38(55)56-13-21(47)18-7-5-4-6-8-18)57-14-24-28(50)30(52)32(54)37(60-24)62-35-23(12-43)59-36(25(29(35)51)40-17(3)44)61-34-16(2)58-22(11-42)27(49)31(34)53/h4-8,15-16,19-20,22-37,41-43,45-46,48-54H,9-14H2,1-3H3,(H,40,44). The van der Waals surface area contributed by atoms with Gasteiger partial charge in [-0.25, -0.2) is 4.79 Å². The lowest BCUT2D eigenvalue weighted by Crippen LogP contribution is -2.69. The zero-order valence-corrected chi connectivity index (χ0v) is 34.5. The molecule has 0 aliphatic carbocycles. The highest BCUT2D eigenvalue weighted by Crippen LogP contribution is 2.39. The summed E-state index contributed by atoms with van der Waals surface area (Å²) in [6.45, 7) is -0.378. The van der Waals surface area contributed by atoms with Gasteiger partial charge in [0.1, 0.15) is 85.4 Å². The van der Waals surface area contributed by atoms with Crippen molar-refractivity contribution in [2.45, 2.75) is 149 Å². The number of benzene rings is 1. The number of hydrogen-bond donors (Lipinski definition) is 13. The van der Waals surface area contributed by atoms with Crippen LogP contribution in [-0.4, -0.2) is 234 Å². The van der Waals surface area contributed by atoms with Crippen molar-refractivity contribution in [1.29, 1.82) is 0 Å². The fourth-order valence-electron chi connectivity index (χ4n) is 7.90. The topological polar surface area (TPSA) is 380 Å². The van der Waals surface area contributed by atoms with Gasteiger partial charge in [-0.1, -0.05) is 37.3 Å². The molecule has 63 heavy (non-hydrogen) atoms. The van der Waals surface area contributed by atoms with E-state index in [2.05, 4.69) is 5.32 Å². The monoisotopic (exact) mass is 909 g/mol. The van der Waals surface area contributed by atoms with Gasteiger partial charge in [0.15, 0.2) is 25.0 Å². The molecule has 358 valence electrons. The average Bonchev–Trinajstić information content (AvgIpc) is 3.27. The van der Waals surface area contributed by atoms with E-state index in [1.54, 1.807) is 18.2 Å². The summed E-state index contributed by atoms with van der Waals surface area (Å²) in [5, 5.41) is 130. The summed E-state index contributed by atoms with van der Waals surface area (Å²) >= 11 is 0. The number of aliphatic hydroxyl groups is 12. The largest absolute Gasteiger partial charge is 0.453 e. The maximum Gasteiger partial charge on any atom is 0.367 e. The number of carbonyl (C=O) groups excluding carboxylic acids is 3. The predicted octanol–water partition coefficient (Wildman–Crippen LogP) is -6.71. The van der Waals surface area contributed by atoms with E-state index in [4.69, 9.17) is 37.9 Å². The summed E-state index contributed by atoms with van der Waals surface area (Å²) < 4.78 is 46.0. The van der Waals surface area contributed by atoms with Crippen LogP contribution < -0.4 is 5.32 Å². The molecule has 24 heteroatoms.